The fourth-order valence-corrected chi connectivity index (χ4v) is 4.92. The molecular formula is C21H22F3N5O3S. The molecule has 1 aliphatic carbocycles. The fourth-order valence-electron chi connectivity index (χ4n) is 4.15. The standard InChI is InChI=1S/C21H22F3N5O3S/c22-21(23,24)13-28-15(14-7-3-1-4-8-14)11-25-19(28)33-12-16(30)27-29-17(31)20(26-18(29)32)9-5-2-6-10-20/h1,3-4,7-8,11H,2,5-6,9-10,12-13H2,(H,26,32)(H,27,30). The number of halogens is 3. The van der Waals surface area contributed by atoms with Crippen molar-refractivity contribution in [3.8, 4) is 11.3 Å². The quantitative estimate of drug-likeness (QED) is 0.487. The first-order chi connectivity index (χ1) is 15.7. The number of alkyl halides is 3. The average molecular weight is 482 g/mol. The third kappa shape index (κ3) is 5.00. The van der Waals surface area contributed by atoms with Crippen LogP contribution in [0.2, 0.25) is 0 Å². The van der Waals surface area contributed by atoms with Crippen molar-refractivity contribution < 1.29 is 27.6 Å². The van der Waals surface area contributed by atoms with Gasteiger partial charge in [-0.05, 0) is 18.4 Å². The lowest BCUT2D eigenvalue weighted by Gasteiger charge is -2.30. The van der Waals surface area contributed by atoms with Gasteiger partial charge in [0.05, 0.1) is 17.6 Å². The molecule has 1 spiro atoms. The maximum atomic E-state index is 13.2. The Labute approximate surface area is 191 Å². The summed E-state index contributed by atoms with van der Waals surface area (Å²) in [7, 11) is 0. The molecule has 2 fully saturated rings. The molecule has 1 aliphatic heterocycles. The van der Waals surface area contributed by atoms with E-state index < -0.39 is 36.1 Å². The van der Waals surface area contributed by atoms with Gasteiger partial charge >= 0.3 is 12.2 Å². The van der Waals surface area contributed by atoms with Crippen molar-refractivity contribution in [3.63, 3.8) is 0 Å². The summed E-state index contributed by atoms with van der Waals surface area (Å²) >= 11 is 0.794. The average Bonchev–Trinajstić information content (AvgIpc) is 3.26. The second-order valence-corrected chi connectivity index (χ2v) is 8.97. The second-order valence-electron chi connectivity index (χ2n) is 8.03. The molecule has 2 aromatic rings. The highest BCUT2D eigenvalue weighted by molar-refractivity contribution is 7.99. The van der Waals surface area contributed by atoms with Gasteiger partial charge in [0.25, 0.3) is 5.91 Å². The van der Waals surface area contributed by atoms with Crippen molar-refractivity contribution in [2.24, 2.45) is 0 Å². The molecule has 4 amide bonds. The molecule has 0 radical (unpaired) electrons. The Morgan fingerprint density at radius 1 is 1.15 bits per heavy atom. The van der Waals surface area contributed by atoms with Gasteiger partial charge in [-0.2, -0.15) is 18.2 Å². The lowest BCUT2D eigenvalue weighted by atomic mass is 9.82. The largest absolute Gasteiger partial charge is 0.406 e. The Bertz CT molecular complexity index is 1050. The highest BCUT2D eigenvalue weighted by Crippen LogP contribution is 2.33. The monoisotopic (exact) mass is 481 g/mol. The number of carbonyl (C=O) groups excluding carboxylic acids is 3. The number of nitrogens with zero attached hydrogens (tertiary/aromatic N) is 3. The molecule has 176 valence electrons. The zero-order valence-corrected chi connectivity index (χ0v) is 18.3. The second kappa shape index (κ2) is 9.08. The van der Waals surface area contributed by atoms with Crippen molar-refractivity contribution in [2.75, 3.05) is 5.75 Å². The first-order valence-corrected chi connectivity index (χ1v) is 11.4. The molecule has 12 heteroatoms. The maximum Gasteiger partial charge on any atom is 0.406 e. The van der Waals surface area contributed by atoms with E-state index in [4.69, 9.17) is 0 Å². The first-order valence-electron chi connectivity index (χ1n) is 10.5. The predicted molar refractivity (Wildman–Crippen MR) is 114 cm³/mol. The van der Waals surface area contributed by atoms with Crippen molar-refractivity contribution in [1.82, 2.24) is 25.3 Å². The number of hydrogen-bond acceptors (Lipinski definition) is 5. The third-order valence-electron chi connectivity index (χ3n) is 5.66. The van der Waals surface area contributed by atoms with Gasteiger partial charge in [-0.3, -0.25) is 15.0 Å². The summed E-state index contributed by atoms with van der Waals surface area (Å²) in [5.74, 6) is -1.53. The van der Waals surface area contributed by atoms with Gasteiger partial charge in [0.2, 0.25) is 5.91 Å². The zero-order chi connectivity index (χ0) is 23.6. The van der Waals surface area contributed by atoms with E-state index in [1.807, 2.05) is 0 Å². The van der Waals surface area contributed by atoms with E-state index in [0.29, 0.717) is 23.4 Å². The molecule has 2 N–H and O–H groups in total. The van der Waals surface area contributed by atoms with Crippen LogP contribution < -0.4 is 10.7 Å². The van der Waals surface area contributed by atoms with Crippen molar-refractivity contribution in [3.05, 3.63) is 36.5 Å². The highest BCUT2D eigenvalue weighted by Gasteiger charge is 2.52. The lowest BCUT2D eigenvalue weighted by molar-refractivity contribution is -0.141. The van der Waals surface area contributed by atoms with Crippen LogP contribution in [0, 0.1) is 0 Å². The predicted octanol–water partition coefficient (Wildman–Crippen LogP) is 3.49. The van der Waals surface area contributed by atoms with Crippen LogP contribution in [0.5, 0.6) is 0 Å². The Hall–Kier alpha value is -3.02. The number of imide groups is 1. The first kappa shape index (κ1) is 23.1. The molecule has 1 saturated carbocycles. The summed E-state index contributed by atoms with van der Waals surface area (Å²) in [6.07, 6.45) is 0.432. The number of thioether (sulfide) groups is 1. The number of benzene rings is 1. The highest BCUT2D eigenvalue weighted by atomic mass is 32.2. The van der Waals surface area contributed by atoms with Crippen molar-refractivity contribution in [2.45, 2.75) is 55.5 Å². The minimum atomic E-state index is -4.49. The van der Waals surface area contributed by atoms with Gasteiger partial charge in [-0.15, -0.1) is 0 Å². The normalized spacial score (nSPS) is 18.0. The molecule has 1 saturated heterocycles. The number of carbonyl (C=O) groups is 3. The van der Waals surface area contributed by atoms with E-state index in [9.17, 15) is 27.6 Å². The molecule has 1 aromatic carbocycles. The zero-order valence-electron chi connectivity index (χ0n) is 17.5. The van der Waals surface area contributed by atoms with Crippen molar-refractivity contribution >= 4 is 29.6 Å². The van der Waals surface area contributed by atoms with E-state index >= 15 is 0 Å². The van der Waals surface area contributed by atoms with Crippen LogP contribution in [-0.2, 0) is 16.1 Å². The van der Waals surface area contributed by atoms with Gasteiger partial charge in [-0.25, -0.2) is 9.78 Å². The topological polar surface area (TPSA) is 96.3 Å². The number of aromatic nitrogens is 2. The van der Waals surface area contributed by atoms with Crippen LogP contribution in [0.4, 0.5) is 18.0 Å². The Morgan fingerprint density at radius 2 is 1.85 bits per heavy atom. The van der Waals surface area contributed by atoms with E-state index in [1.165, 1.54) is 6.20 Å². The van der Waals surface area contributed by atoms with Gasteiger partial charge in [0.1, 0.15) is 12.1 Å². The minimum Gasteiger partial charge on any atom is -0.322 e. The summed E-state index contributed by atoms with van der Waals surface area (Å²) in [6, 6.07) is 7.80. The fraction of sp³-hybridized carbons (Fsp3) is 0.429. The molecule has 1 aromatic heterocycles. The molecule has 2 heterocycles. The molecular weight excluding hydrogens is 459 g/mol. The number of urea groups is 1. The number of hydrazine groups is 1. The lowest BCUT2D eigenvalue weighted by Crippen LogP contribution is -2.51. The number of amides is 4. The number of imidazole rings is 1. The van der Waals surface area contributed by atoms with Crippen LogP contribution in [0.1, 0.15) is 32.1 Å². The van der Waals surface area contributed by atoms with Crippen LogP contribution in [0.15, 0.2) is 41.7 Å². The SMILES string of the molecule is O=C(CSc1ncc(-c2ccccc2)n1CC(F)(F)F)NN1C(=O)NC2(CCCCC2)C1=O. The molecule has 8 nitrogen and oxygen atoms in total. The van der Waals surface area contributed by atoms with Crippen LogP contribution >= 0.6 is 11.8 Å². The summed E-state index contributed by atoms with van der Waals surface area (Å²) in [5, 5.41) is 3.35. The van der Waals surface area contributed by atoms with Crippen molar-refractivity contribution in [1.29, 1.82) is 0 Å². The molecule has 0 unspecified atom stereocenters. The Morgan fingerprint density at radius 3 is 2.52 bits per heavy atom. The van der Waals surface area contributed by atoms with E-state index in [1.54, 1.807) is 30.3 Å². The van der Waals surface area contributed by atoms with Crippen LogP contribution in [0.25, 0.3) is 11.3 Å². The van der Waals surface area contributed by atoms with E-state index in [2.05, 4.69) is 15.7 Å². The maximum absolute atomic E-state index is 13.2. The third-order valence-corrected chi connectivity index (χ3v) is 6.65. The smallest absolute Gasteiger partial charge is 0.322 e. The number of rotatable bonds is 6. The van der Waals surface area contributed by atoms with Gasteiger partial charge in [-0.1, -0.05) is 61.4 Å². The van der Waals surface area contributed by atoms with E-state index in [0.717, 1.165) is 35.6 Å². The summed E-state index contributed by atoms with van der Waals surface area (Å²) < 4.78 is 40.6. The molecule has 0 bridgehead atoms. The van der Waals surface area contributed by atoms with Gasteiger partial charge in [0.15, 0.2) is 5.16 Å². The summed E-state index contributed by atoms with van der Waals surface area (Å²) in [6.45, 7) is -1.27. The minimum absolute atomic E-state index is 0.00211. The van der Waals surface area contributed by atoms with Gasteiger partial charge in [0, 0.05) is 0 Å². The van der Waals surface area contributed by atoms with Gasteiger partial charge < -0.3 is 9.88 Å². The molecule has 2 aliphatic rings. The Kier molecular flexibility index (Phi) is 6.37. The molecule has 33 heavy (non-hydrogen) atoms. The molecule has 4 rings (SSSR count). The summed E-state index contributed by atoms with van der Waals surface area (Å²) in [5.41, 5.74) is 2.12. The van der Waals surface area contributed by atoms with Crippen LogP contribution in [0.3, 0.4) is 0 Å². The number of nitrogens with one attached hydrogen (secondary N) is 2. The Balaban J connectivity index is 1.44. The molecule has 0 atom stereocenters. The van der Waals surface area contributed by atoms with E-state index in [-0.39, 0.29) is 16.6 Å². The van der Waals surface area contributed by atoms with Crippen LogP contribution in [-0.4, -0.2) is 49.9 Å². The number of hydrogen-bond donors (Lipinski definition) is 2. The summed E-state index contributed by atoms with van der Waals surface area (Å²) in [4.78, 5) is 41.5.